The molecule has 0 aliphatic heterocycles. The predicted octanol–water partition coefficient (Wildman–Crippen LogP) is 5.68. The van der Waals surface area contributed by atoms with Gasteiger partial charge in [-0.2, -0.15) is 0 Å². The van der Waals surface area contributed by atoms with Crippen LogP contribution in [-0.4, -0.2) is 9.55 Å². The van der Waals surface area contributed by atoms with E-state index in [0.717, 1.165) is 22.6 Å². The Morgan fingerprint density at radius 2 is 2.04 bits per heavy atom. The number of benzene rings is 2. The molecular weight excluding hydrogens is 343 g/mol. The monoisotopic (exact) mass is 358 g/mol. The molecule has 0 amide bonds. The highest BCUT2D eigenvalue weighted by Gasteiger charge is 2.10. The summed E-state index contributed by atoms with van der Waals surface area (Å²) in [6, 6.07) is 13.3. The maximum atomic E-state index is 6.22. The van der Waals surface area contributed by atoms with E-state index >= 15 is 0 Å². The van der Waals surface area contributed by atoms with Crippen LogP contribution in [0.1, 0.15) is 18.1 Å². The van der Waals surface area contributed by atoms with Gasteiger partial charge in [-0.1, -0.05) is 47.5 Å². The Balaban J connectivity index is 1.87. The van der Waals surface area contributed by atoms with Crippen LogP contribution in [0.15, 0.2) is 67.3 Å². The van der Waals surface area contributed by atoms with Crippen LogP contribution in [0.4, 0.5) is 0 Å². The number of imidazole rings is 1. The molecule has 0 fully saturated rings. The van der Waals surface area contributed by atoms with Gasteiger partial charge in [-0.25, -0.2) is 4.98 Å². The van der Waals surface area contributed by atoms with Crippen molar-refractivity contribution in [1.29, 1.82) is 0 Å². The van der Waals surface area contributed by atoms with Gasteiger partial charge in [0, 0.05) is 33.6 Å². The molecule has 0 saturated heterocycles. The summed E-state index contributed by atoms with van der Waals surface area (Å²) in [5.41, 5.74) is 2.88. The zero-order chi connectivity index (χ0) is 16.9. The van der Waals surface area contributed by atoms with Crippen molar-refractivity contribution in [3.63, 3.8) is 0 Å². The van der Waals surface area contributed by atoms with Crippen LogP contribution in [0.3, 0.4) is 0 Å². The van der Waals surface area contributed by atoms with E-state index in [1.165, 1.54) is 0 Å². The van der Waals surface area contributed by atoms with Crippen LogP contribution in [0.2, 0.25) is 10.0 Å². The zero-order valence-corrected chi connectivity index (χ0v) is 14.6. The highest BCUT2D eigenvalue weighted by molar-refractivity contribution is 6.35. The molecule has 2 aromatic carbocycles. The van der Waals surface area contributed by atoms with Gasteiger partial charge in [0.25, 0.3) is 0 Å². The summed E-state index contributed by atoms with van der Waals surface area (Å²) < 4.78 is 7.98. The van der Waals surface area contributed by atoms with E-state index in [-0.39, 0.29) is 0 Å². The molecule has 0 unspecified atom stereocenters. The number of para-hydroxylation sites is 1. The largest absolute Gasteiger partial charge is 0.488 e. The Kier molecular flexibility index (Phi) is 5.24. The first kappa shape index (κ1) is 16.6. The summed E-state index contributed by atoms with van der Waals surface area (Å²) in [6.45, 7) is 2.36. The fraction of sp³-hybridized carbons (Fsp3) is 0.105. The first-order valence-electron chi connectivity index (χ1n) is 7.50. The van der Waals surface area contributed by atoms with Crippen LogP contribution in [-0.2, 0) is 6.61 Å². The Hall–Kier alpha value is -2.23. The Bertz CT molecular complexity index is 858. The number of allylic oxidation sites excluding steroid dienone is 1. The van der Waals surface area contributed by atoms with E-state index < -0.39 is 0 Å². The van der Waals surface area contributed by atoms with Crippen molar-refractivity contribution in [3.8, 4) is 5.75 Å². The molecule has 3 aromatic rings. The Morgan fingerprint density at radius 3 is 2.75 bits per heavy atom. The minimum absolute atomic E-state index is 0.369. The van der Waals surface area contributed by atoms with Crippen molar-refractivity contribution in [2.24, 2.45) is 0 Å². The number of aromatic nitrogens is 2. The first-order valence-corrected chi connectivity index (χ1v) is 8.25. The highest BCUT2D eigenvalue weighted by Crippen LogP contribution is 2.29. The summed E-state index contributed by atoms with van der Waals surface area (Å²) in [5.74, 6) is 0.783. The lowest BCUT2D eigenvalue weighted by Gasteiger charge is -2.15. The molecule has 1 aromatic heterocycles. The lowest BCUT2D eigenvalue weighted by molar-refractivity contribution is 0.305. The van der Waals surface area contributed by atoms with Crippen LogP contribution >= 0.6 is 23.2 Å². The molecule has 24 heavy (non-hydrogen) atoms. The SMILES string of the molecule is C/C=C(/c1ccccc1OCc1ccc(Cl)cc1Cl)n1ccnc1. The van der Waals surface area contributed by atoms with Crippen molar-refractivity contribution >= 4 is 28.9 Å². The van der Waals surface area contributed by atoms with E-state index in [1.807, 2.05) is 54.1 Å². The van der Waals surface area contributed by atoms with E-state index in [9.17, 15) is 0 Å². The smallest absolute Gasteiger partial charge is 0.129 e. The van der Waals surface area contributed by atoms with Gasteiger partial charge in [-0.3, -0.25) is 0 Å². The van der Waals surface area contributed by atoms with Crippen molar-refractivity contribution in [3.05, 3.63) is 88.4 Å². The molecule has 0 atom stereocenters. The van der Waals surface area contributed by atoms with Gasteiger partial charge < -0.3 is 9.30 Å². The second-order valence-electron chi connectivity index (χ2n) is 5.16. The molecule has 1 heterocycles. The third kappa shape index (κ3) is 3.64. The summed E-state index contributed by atoms with van der Waals surface area (Å²) >= 11 is 12.2. The van der Waals surface area contributed by atoms with Gasteiger partial charge in [0.05, 0.1) is 12.0 Å². The molecule has 0 aliphatic carbocycles. The molecule has 0 aliphatic rings. The lowest BCUT2D eigenvalue weighted by atomic mass is 10.1. The van der Waals surface area contributed by atoms with Crippen molar-refractivity contribution in [2.45, 2.75) is 13.5 Å². The lowest BCUT2D eigenvalue weighted by Crippen LogP contribution is -2.02. The fourth-order valence-electron chi connectivity index (χ4n) is 2.44. The summed E-state index contributed by atoms with van der Waals surface area (Å²) in [4.78, 5) is 4.11. The highest BCUT2D eigenvalue weighted by atomic mass is 35.5. The maximum Gasteiger partial charge on any atom is 0.129 e. The molecular formula is C19H16Cl2N2O. The van der Waals surface area contributed by atoms with Crippen LogP contribution < -0.4 is 4.74 Å². The third-order valence-corrected chi connectivity index (χ3v) is 4.20. The number of nitrogens with zero attached hydrogens (tertiary/aromatic N) is 2. The standard InChI is InChI=1S/C19H16Cl2N2O/c1-2-18(23-10-9-22-13-23)16-5-3-4-6-19(16)24-12-14-7-8-15(20)11-17(14)21/h2-11,13H,12H2,1H3/b18-2-. The topological polar surface area (TPSA) is 27.1 Å². The number of hydrogen-bond acceptors (Lipinski definition) is 2. The molecule has 5 heteroatoms. The minimum atomic E-state index is 0.369. The normalized spacial score (nSPS) is 11.5. The third-order valence-electron chi connectivity index (χ3n) is 3.62. The molecule has 0 radical (unpaired) electrons. The number of hydrogen-bond donors (Lipinski definition) is 0. The average Bonchev–Trinajstić information content (AvgIpc) is 3.10. The molecule has 0 N–H and O–H groups in total. The number of rotatable bonds is 5. The first-order chi connectivity index (χ1) is 11.7. The summed E-state index contributed by atoms with van der Waals surface area (Å²) in [7, 11) is 0. The van der Waals surface area contributed by atoms with E-state index in [2.05, 4.69) is 4.98 Å². The Labute approximate surface area is 151 Å². The van der Waals surface area contributed by atoms with Gasteiger partial charge in [0.2, 0.25) is 0 Å². The van der Waals surface area contributed by atoms with Crippen LogP contribution in [0.25, 0.3) is 5.70 Å². The van der Waals surface area contributed by atoms with Crippen molar-refractivity contribution in [2.75, 3.05) is 0 Å². The van der Waals surface area contributed by atoms with Crippen molar-refractivity contribution in [1.82, 2.24) is 9.55 Å². The maximum absolute atomic E-state index is 6.22. The second kappa shape index (κ2) is 7.56. The zero-order valence-electron chi connectivity index (χ0n) is 13.1. The Morgan fingerprint density at radius 1 is 1.21 bits per heavy atom. The quantitative estimate of drug-likeness (QED) is 0.586. The summed E-state index contributed by atoms with van der Waals surface area (Å²) in [5, 5.41) is 1.21. The average molecular weight is 359 g/mol. The molecule has 0 bridgehead atoms. The molecule has 0 spiro atoms. The van der Waals surface area contributed by atoms with E-state index in [0.29, 0.717) is 16.7 Å². The van der Waals surface area contributed by atoms with E-state index in [4.69, 9.17) is 27.9 Å². The van der Waals surface area contributed by atoms with Crippen LogP contribution in [0, 0.1) is 0 Å². The molecule has 0 saturated carbocycles. The number of ether oxygens (including phenoxy) is 1. The van der Waals surface area contributed by atoms with Gasteiger partial charge in [-0.15, -0.1) is 0 Å². The number of halogens is 2. The van der Waals surface area contributed by atoms with Gasteiger partial charge in [0.15, 0.2) is 0 Å². The van der Waals surface area contributed by atoms with E-state index in [1.54, 1.807) is 24.7 Å². The summed E-state index contributed by atoms with van der Waals surface area (Å²) in [6.07, 6.45) is 7.45. The fourth-order valence-corrected chi connectivity index (χ4v) is 2.91. The van der Waals surface area contributed by atoms with Gasteiger partial charge in [0.1, 0.15) is 12.4 Å². The molecule has 3 nitrogen and oxygen atoms in total. The van der Waals surface area contributed by atoms with Crippen LogP contribution in [0.5, 0.6) is 5.75 Å². The molecule has 122 valence electrons. The molecule has 3 rings (SSSR count). The van der Waals surface area contributed by atoms with Crippen molar-refractivity contribution < 1.29 is 4.74 Å². The second-order valence-corrected chi connectivity index (χ2v) is 6.01. The van der Waals surface area contributed by atoms with Gasteiger partial charge in [-0.05, 0) is 31.2 Å². The predicted molar refractivity (Wildman–Crippen MR) is 98.5 cm³/mol. The van der Waals surface area contributed by atoms with Gasteiger partial charge >= 0.3 is 0 Å². The minimum Gasteiger partial charge on any atom is -0.488 e.